The summed E-state index contributed by atoms with van der Waals surface area (Å²) >= 11 is 1.56. The number of nitrogen functional groups attached to an aromatic ring is 1. The number of rotatable bonds is 5. The molecule has 0 radical (unpaired) electrons. The minimum Gasteiger partial charge on any atom is -0.424 e. The molecule has 0 spiro atoms. The molecule has 0 aliphatic rings. The molecule has 0 fully saturated rings. The van der Waals surface area contributed by atoms with Crippen LogP contribution in [0.3, 0.4) is 0 Å². The van der Waals surface area contributed by atoms with Gasteiger partial charge in [-0.15, -0.1) is 11.8 Å². The van der Waals surface area contributed by atoms with Crippen LogP contribution in [0.2, 0.25) is 0 Å². The van der Waals surface area contributed by atoms with Crippen LogP contribution in [0, 0.1) is 0 Å². The van der Waals surface area contributed by atoms with Crippen molar-refractivity contribution in [3.8, 4) is 0 Å². The third-order valence-electron chi connectivity index (χ3n) is 3.18. The van der Waals surface area contributed by atoms with Crippen LogP contribution in [-0.4, -0.2) is 37.2 Å². The summed E-state index contributed by atoms with van der Waals surface area (Å²) in [6.07, 6.45) is 1.58. The molecule has 0 aliphatic heterocycles. The summed E-state index contributed by atoms with van der Waals surface area (Å²) in [4.78, 5) is 19.8. The van der Waals surface area contributed by atoms with E-state index < -0.39 is 0 Å². The predicted molar refractivity (Wildman–Crippen MR) is 89.3 cm³/mol. The van der Waals surface area contributed by atoms with E-state index in [4.69, 9.17) is 10.2 Å². The lowest BCUT2D eigenvalue weighted by Gasteiger charge is -2.03. The normalized spacial score (nSPS) is 11.3. The molecule has 4 rings (SSSR count). The lowest BCUT2D eigenvalue weighted by atomic mass is 10.3. The van der Waals surface area contributed by atoms with Gasteiger partial charge in [0, 0.05) is 12.3 Å². The highest BCUT2D eigenvalue weighted by Gasteiger charge is 2.09. The quantitative estimate of drug-likeness (QED) is 0.290. The zero-order valence-corrected chi connectivity index (χ0v) is 12.8. The first-order chi connectivity index (χ1) is 11.3. The number of nitrogens with one attached hydrogen (secondary N) is 2. The second kappa shape index (κ2) is 5.76. The van der Waals surface area contributed by atoms with E-state index in [9.17, 15) is 0 Å². The molecule has 0 saturated heterocycles. The van der Waals surface area contributed by atoms with E-state index in [-0.39, 0.29) is 5.95 Å². The Kier molecular flexibility index (Phi) is 3.46. The van der Waals surface area contributed by atoms with E-state index in [0.29, 0.717) is 18.2 Å². The summed E-state index contributed by atoms with van der Waals surface area (Å²) in [6, 6.07) is 8.17. The summed E-state index contributed by atoms with van der Waals surface area (Å²) < 4.78 is 5.60. The van der Waals surface area contributed by atoms with Crippen LogP contribution in [0.1, 0.15) is 0 Å². The molecule has 1 aromatic carbocycles. The molecule has 3 aromatic heterocycles. The molecule has 0 amide bonds. The van der Waals surface area contributed by atoms with Crippen molar-refractivity contribution in [2.75, 3.05) is 23.3 Å². The van der Waals surface area contributed by atoms with E-state index in [0.717, 1.165) is 27.4 Å². The second-order valence-electron chi connectivity index (χ2n) is 4.75. The lowest BCUT2D eigenvalue weighted by molar-refractivity contribution is 0.617. The number of nitrogens with zero attached hydrogens (tertiary/aromatic N) is 4. The van der Waals surface area contributed by atoms with Crippen molar-refractivity contribution in [2.24, 2.45) is 0 Å². The minimum absolute atomic E-state index is 0.221. The molecule has 0 unspecified atom stereocenters. The van der Waals surface area contributed by atoms with Gasteiger partial charge in [0.05, 0.1) is 6.33 Å². The summed E-state index contributed by atoms with van der Waals surface area (Å²) in [5.41, 5.74) is 8.67. The second-order valence-corrected chi connectivity index (χ2v) is 5.83. The standard InChI is InChI=1S/C14H13N7OS/c15-13-20-11-10(17-7-18-11)12(21-13)23-6-5-16-14-19-8-3-1-2-4-9(8)22-14/h1-4,7H,5-6H2,(H,16,19)(H3,15,17,18,20,21). The van der Waals surface area contributed by atoms with Gasteiger partial charge >= 0.3 is 0 Å². The van der Waals surface area contributed by atoms with Gasteiger partial charge in [0.2, 0.25) is 5.95 Å². The summed E-state index contributed by atoms with van der Waals surface area (Å²) in [5, 5.41) is 3.94. The van der Waals surface area contributed by atoms with Crippen molar-refractivity contribution in [2.45, 2.75) is 5.03 Å². The largest absolute Gasteiger partial charge is 0.424 e. The van der Waals surface area contributed by atoms with Crippen molar-refractivity contribution >= 4 is 46.0 Å². The SMILES string of the molecule is Nc1nc(SCCNc2nc3ccccc3o2)c2[nH]cnc2n1. The molecule has 4 N–H and O–H groups in total. The van der Waals surface area contributed by atoms with Gasteiger partial charge in [0.15, 0.2) is 11.2 Å². The molecule has 0 atom stereocenters. The Bertz CT molecular complexity index is 931. The first kappa shape index (κ1) is 13.8. The van der Waals surface area contributed by atoms with Gasteiger partial charge in [-0.05, 0) is 12.1 Å². The number of H-pyrrole nitrogens is 1. The number of fused-ring (bicyclic) bond motifs is 2. The summed E-state index contributed by atoms with van der Waals surface area (Å²) in [6.45, 7) is 0.678. The van der Waals surface area contributed by atoms with E-state index in [1.54, 1.807) is 18.1 Å². The van der Waals surface area contributed by atoms with Gasteiger partial charge in [-0.25, -0.2) is 9.97 Å². The molecular weight excluding hydrogens is 314 g/mol. The highest BCUT2D eigenvalue weighted by atomic mass is 32.2. The summed E-state index contributed by atoms with van der Waals surface area (Å²) in [5.74, 6) is 0.988. The van der Waals surface area contributed by atoms with Crippen LogP contribution in [-0.2, 0) is 0 Å². The first-order valence-electron chi connectivity index (χ1n) is 6.98. The van der Waals surface area contributed by atoms with E-state index in [1.165, 1.54) is 0 Å². The third-order valence-corrected chi connectivity index (χ3v) is 4.16. The number of para-hydroxylation sites is 2. The maximum absolute atomic E-state index is 5.69. The monoisotopic (exact) mass is 327 g/mol. The van der Waals surface area contributed by atoms with Crippen molar-refractivity contribution in [3.63, 3.8) is 0 Å². The average molecular weight is 327 g/mol. The number of imidazole rings is 1. The van der Waals surface area contributed by atoms with Crippen molar-refractivity contribution in [1.82, 2.24) is 24.9 Å². The van der Waals surface area contributed by atoms with Crippen LogP contribution >= 0.6 is 11.8 Å². The Labute approximate surface area is 134 Å². The van der Waals surface area contributed by atoms with Crippen molar-refractivity contribution in [1.29, 1.82) is 0 Å². The molecule has 0 bridgehead atoms. The van der Waals surface area contributed by atoms with Gasteiger partial charge in [-0.2, -0.15) is 9.97 Å². The smallest absolute Gasteiger partial charge is 0.295 e. The Morgan fingerprint density at radius 3 is 3.04 bits per heavy atom. The fourth-order valence-corrected chi connectivity index (χ4v) is 3.03. The van der Waals surface area contributed by atoms with Crippen LogP contribution in [0.25, 0.3) is 22.3 Å². The van der Waals surface area contributed by atoms with Gasteiger partial charge in [0.1, 0.15) is 16.1 Å². The Morgan fingerprint density at radius 1 is 1.22 bits per heavy atom. The minimum atomic E-state index is 0.221. The van der Waals surface area contributed by atoms with Gasteiger partial charge in [-0.1, -0.05) is 12.1 Å². The van der Waals surface area contributed by atoms with Crippen LogP contribution < -0.4 is 11.1 Å². The third kappa shape index (κ3) is 2.78. The molecule has 4 aromatic rings. The molecule has 0 saturated carbocycles. The number of anilines is 2. The number of oxazole rings is 1. The number of aromatic nitrogens is 5. The molecule has 0 aliphatic carbocycles. The van der Waals surface area contributed by atoms with Gasteiger partial charge in [-0.3, -0.25) is 0 Å². The van der Waals surface area contributed by atoms with Crippen LogP contribution in [0.4, 0.5) is 12.0 Å². The average Bonchev–Trinajstić information content (AvgIpc) is 3.17. The number of aromatic amines is 1. The fourth-order valence-electron chi connectivity index (χ4n) is 2.18. The topological polar surface area (TPSA) is 119 Å². The number of nitrogens with two attached hydrogens (primary N) is 1. The van der Waals surface area contributed by atoms with Crippen LogP contribution in [0.5, 0.6) is 0 Å². The molecule has 9 heteroatoms. The number of benzene rings is 1. The zero-order chi connectivity index (χ0) is 15.6. The number of thioether (sulfide) groups is 1. The predicted octanol–water partition coefficient (Wildman–Crippen LogP) is 2.28. The molecule has 8 nitrogen and oxygen atoms in total. The van der Waals surface area contributed by atoms with Crippen molar-refractivity contribution < 1.29 is 4.42 Å². The maximum atomic E-state index is 5.69. The van der Waals surface area contributed by atoms with Crippen LogP contribution in [0.15, 0.2) is 40.0 Å². The van der Waals surface area contributed by atoms with E-state index >= 15 is 0 Å². The first-order valence-corrected chi connectivity index (χ1v) is 7.97. The number of hydrogen-bond acceptors (Lipinski definition) is 8. The number of hydrogen-bond donors (Lipinski definition) is 3. The van der Waals surface area contributed by atoms with E-state index in [2.05, 4.69) is 30.2 Å². The molecule has 3 heterocycles. The fraction of sp³-hybridized carbons (Fsp3) is 0.143. The Morgan fingerprint density at radius 2 is 2.13 bits per heavy atom. The van der Waals surface area contributed by atoms with Crippen molar-refractivity contribution in [3.05, 3.63) is 30.6 Å². The lowest BCUT2D eigenvalue weighted by Crippen LogP contribution is -2.05. The zero-order valence-electron chi connectivity index (χ0n) is 12.0. The highest BCUT2D eigenvalue weighted by molar-refractivity contribution is 7.99. The molecular formula is C14H13N7OS. The molecule has 23 heavy (non-hydrogen) atoms. The molecule has 116 valence electrons. The van der Waals surface area contributed by atoms with Gasteiger partial charge < -0.3 is 20.5 Å². The Hall–Kier alpha value is -2.81. The Balaban J connectivity index is 1.40. The van der Waals surface area contributed by atoms with Gasteiger partial charge in [0.25, 0.3) is 6.01 Å². The summed E-state index contributed by atoms with van der Waals surface area (Å²) in [7, 11) is 0. The van der Waals surface area contributed by atoms with E-state index in [1.807, 2.05) is 24.3 Å². The highest BCUT2D eigenvalue weighted by Crippen LogP contribution is 2.23. The maximum Gasteiger partial charge on any atom is 0.295 e.